The molecule has 0 atom stereocenters. The summed E-state index contributed by atoms with van der Waals surface area (Å²) in [6.45, 7) is 0. The predicted molar refractivity (Wildman–Crippen MR) is 295 cm³/mol. The number of para-hydroxylation sites is 1. The van der Waals surface area contributed by atoms with E-state index in [1.54, 1.807) is 0 Å². The highest BCUT2D eigenvalue weighted by Gasteiger charge is 2.36. The van der Waals surface area contributed by atoms with E-state index in [1.165, 1.54) is 55.4 Å². The van der Waals surface area contributed by atoms with Crippen LogP contribution in [0, 0.1) is 11.3 Å². The SMILES string of the molecule is N#Cc1c(-c2ccccc2)c(-n2c3c(c4c2C=CCC4)CCC=C3)c(-n2c3ccc(-c4ccccc4)cc3c3cc(-c4ccccc4)ccc32)c(-n2c3c(c4ccccc42)CCC=C3)c1-c1ccccc1. The first-order valence-electron chi connectivity index (χ1n) is 25.1. The molecule has 0 radical (unpaired) electrons. The minimum absolute atomic E-state index is 0.650. The summed E-state index contributed by atoms with van der Waals surface area (Å²) in [4.78, 5) is 0. The van der Waals surface area contributed by atoms with Crippen LogP contribution in [0.25, 0.3) is 113 Å². The highest BCUT2D eigenvalue weighted by molar-refractivity contribution is 6.14. The van der Waals surface area contributed by atoms with Crippen LogP contribution in [0.15, 0.2) is 200 Å². The molecule has 14 rings (SSSR count). The van der Waals surface area contributed by atoms with Gasteiger partial charge in [0.05, 0.1) is 39.2 Å². The van der Waals surface area contributed by atoms with Gasteiger partial charge in [-0.1, -0.05) is 170 Å². The van der Waals surface area contributed by atoms with Crippen molar-refractivity contribution in [3.8, 4) is 67.6 Å². The van der Waals surface area contributed by atoms with E-state index >= 15 is 0 Å². The van der Waals surface area contributed by atoms with Crippen molar-refractivity contribution in [2.24, 2.45) is 0 Å². The van der Waals surface area contributed by atoms with Crippen molar-refractivity contribution in [3.63, 3.8) is 0 Å². The van der Waals surface area contributed by atoms with Crippen LogP contribution >= 0.6 is 0 Å². The fraction of sp³-hybridized carbons (Fsp3) is 0.0896. The Morgan fingerprint density at radius 2 is 0.746 bits per heavy atom. The molecule has 0 unspecified atom stereocenters. The van der Waals surface area contributed by atoms with Crippen LogP contribution in [-0.2, 0) is 19.3 Å². The van der Waals surface area contributed by atoms with E-state index in [-0.39, 0.29) is 0 Å². The highest BCUT2D eigenvalue weighted by Crippen LogP contribution is 2.52. The van der Waals surface area contributed by atoms with Gasteiger partial charge in [-0.2, -0.15) is 5.26 Å². The van der Waals surface area contributed by atoms with E-state index in [4.69, 9.17) is 0 Å². The van der Waals surface area contributed by atoms with E-state index in [0.29, 0.717) is 5.56 Å². The highest BCUT2D eigenvalue weighted by atomic mass is 15.1. The average Bonchev–Trinajstić information content (AvgIpc) is 4.08. The maximum Gasteiger partial charge on any atom is 0.101 e. The van der Waals surface area contributed by atoms with Gasteiger partial charge in [0.15, 0.2) is 0 Å². The van der Waals surface area contributed by atoms with Crippen molar-refractivity contribution in [2.75, 3.05) is 0 Å². The van der Waals surface area contributed by atoms with E-state index in [0.717, 1.165) is 111 Å². The van der Waals surface area contributed by atoms with Gasteiger partial charge in [0.2, 0.25) is 0 Å². The summed E-state index contributed by atoms with van der Waals surface area (Å²) in [7, 11) is 0. The Balaban J connectivity index is 1.28. The molecule has 3 aromatic heterocycles. The first-order valence-corrected chi connectivity index (χ1v) is 25.1. The van der Waals surface area contributed by atoms with E-state index in [9.17, 15) is 5.26 Å². The summed E-state index contributed by atoms with van der Waals surface area (Å²) < 4.78 is 7.67. The molecule has 0 bridgehead atoms. The lowest BCUT2D eigenvalue weighted by atomic mass is 9.87. The Bertz CT molecular complexity index is 3940. The predicted octanol–water partition coefficient (Wildman–Crippen LogP) is 16.9. The molecule has 4 nitrogen and oxygen atoms in total. The van der Waals surface area contributed by atoms with Gasteiger partial charge in [-0.15, -0.1) is 0 Å². The van der Waals surface area contributed by atoms with Gasteiger partial charge in [-0.3, -0.25) is 0 Å². The van der Waals surface area contributed by atoms with Crippen molar-refractivity contribution >= 4 is 50.9 Å². The second-order valence-corrected chi connectivity index (χ2v) is 19.1. The van der Waals surface area contributed by atoms with Crippen LogP contribution < -0.4 is 0 Å². The molecule has 0 N–H and O–H groups in total. The van der Waals surface area contributed by atoms with Gasteiger partial charge in [0.1, 0.15) is 6.07 Å². The van der Waals surface area contributed by atoms with Gasteiger partial charge >= 0.3 is 0 Å². The zero-order chi connectivity index (χ0) is 47.0. The molecule has 0 amide bonds. The van der Waals surface area contributed by atoms with Crippen LogP contribution in [0.2, 0.25) is 0 Å². The van der Waals surface area contributed by atoms with Crippen molar-refractivity contribution in [3.05, 3.63) is 240 Å². The van der Waals surface area contributed by atoms with Gasteiger partial charge in [-0.25, -0.2) is 0 Å². The monoisotopic (exact) mass is 908 g/mol. The number of allylic oxidation sites excluding steroid dienone is 3. The molecule has 336 valence electrons. The van der Waals surface area contributed by atoms with Crippen LogP contribution in [0.5, 0.6) is 0 Å². The summed E-state index contributed by atoms with van der Waals surface area (Å²) >= 11 is 0. The molecule has 0 spiro atoms. The van der Waals surface area contributed by atoms with Gasteiger partial charge in [-0.05, 0) is 137 Å². The Morgan fingerprint density at radius 1 is 0.338 bits per heavy atom. The van der Waals surface area contributed by atoms with Gasteiger partial charge in [0, 0.05) is 44.4 Å². The summed E-state index contributed by atoms with van der Waals surface area (Å²) in [5, 5.41) is 15.8. The Morgan fingerprint density at radius 3 is 1.24 bits per heavy atom. The van der Waals surface area contributed by atoms with E-state index in [1.807, 2.05) is 0 Å². The van der Waals surface area contributed by atoms with Crippen molar-refractivity contribution < 1.29 is 0 Å². The third kappa shape index (κ3) is 6.36. The van der Waals surface area contributed by atoms with Crippen molar-refractivity contribution in [2.45, 2.75) is 38.5 Å². The molecule has 0 aliphatic heterocycles. The second-order valence-electron chi connectivity index (χ2n) is 19.1. The number of nitrogens with zero attached hydrogens (tertiary/aromatic N) is 4. The quantitative estimate of drug-likeness (QED) is 0.157. The minimum Gasteiger partial charge on any atom is -0.307 e. The summed E-state index contributed by atoms with van der Waals surface area (Å²) in [6, 6.07) is 68.9. The minimum atomic E-state index is 0.650. The fourth-order valence-electron chi connectivity index (χ4n) is 12.3. The fourth-order valence-corrected chi connectivity index (χ4v) is 12.3. The molecule has 71 heavy (non-hydrogen) atoms. The molecule has 8 aromatic carbocycles. The lowest BCUT2D eigenvalue weighted by Crippen LogP contribution is -2.17. The lowest BCUT2D eigenvalue weighted by Gasteiger charge is -2.30. The number of nitriles is 1. The van der Waals surface area contributed by atoms with E-state index in [2.05, 4.69) is 238 Å². The van der Waals surface area contributed by atoms with Crippen molar-refractivity contribution in [1.29, 1.82) is 5.26 Å². The maximum absolute atomic E-state index is 12.2. The number of hydrogen-bond acceptors (Lipinski definition) is 1. The molecule has 4 heteroatoms. The second kappa shape index (κ2) is 16.7. The largest absolute Gasteiger partial charge is 0.307 e. The normalized spacial score (nSPS) is 13.7. The van der Waals surface area contributed by atoms with Crippen LogP contribution in [-0.4, -0.2) is 13.7 Å². The number of aryl methyl sites for hydroxylation is 1. The molecule has 3 aliphatic carbocycles. The third-order valence-corrected chi connectivity index (χ3v) is 15.3. The molecular weight excluding hydrogens is 861 g/mol. The Kier molecular flexibility index (Phi) is 9.64. The van der Waals surface area contributed by atoms with Crippen LogP contribution in [0.1, 0.15) is 58.6 Å². The summed E-state index contributed by atoms with van der Waals surface area (Å²) in [5.41, 5.74) is 23.2. The number of fused-ring (bicyclic) bond motifs is 9. The smallest absolute Gasteiger partial charge is 0.101 e. The van der Waals surface area contributed by atoms with Crippen molar-refractivity contribution in [1.82, 2.24) is 13.7 Å². The number of hydrogen-bond donors (Lipinski definition) is 0. The van der Waals surface area contributed by atoms with Gasteiger partial charge < -0.3 is 13.7 Å². The molecule has 0 saturated heterocycles. The Labute approximate surface area is 413 Å². The maximum atomic E-state index is 12.2. The third-order valence-electron chi connectivity index (χ3n) is 15.3. The van der Waals surface area contributed by atoms with Crippen LogP contribution in [0.4, 0.5) is 0 Å². The summed E-state index contributed by atoms with van der Waals surface area (Å²) in [5.74, 6) is 0. The first-order chi connectivity index (χ1) is 35.2. The lowest BCUT2D eigenvalue weighted by molar-refractivity contribution is 0.922. The Hall–Kier alpha value is -8.91. The van der Waals surface area contributed by atoms with Crippen LogP contribution in [0.3, 0.4) is 0 Å². The first kappa shape index (κ1) is 41.1. The standard InChI is InChI=1S/C67H48N4/c68-43-56-63(46-25-9-3-10-26-46)65(69-57-33-17-13-29-50(57)51-30-14-18-34-58(51)69)67(66(64(56)47-27-11-4-12-28-47)70-59-35-19-15-31-52(59)53-32-16-20-36-60(53)70)71-61-39-37-48(44-21-5-1-6-22-44)41-54(61)55-42-49(38-40-62(55)71)45-23-7-2-8-24-45/h1-13,17-29,33-42H,14-16,30-32H2. The molecule has 3 aliphatic rings. The van der Waals surface area contributed by atoms with Gasteiger partial charge in [0.25, 0.3) is 0 Å². The zero-order valence-corrected chi connectivity index (χ0v) is 39.3. The molecule has 3 heterocycles. The zero-order valence-electron chi connectivity index (χ0n) is 39.3. The molecular formula is C67H48N4. The number of aromatic nitrogens is 3. The number of benzene rings is 8. The molecule has 0 saturated carbocycles. The summed E-state index contributed by atoms with van der Waals surface area (Å²) in [6.07, 6.45) is 19.9. The topological polar surface area (TPSA) is 38.6 Å². The molecule has 11 aromatic rings. The molecule has 0 fully saturated rings. The number of rotatable bonds is 7. The van der Waals surface area contributed by atoms with E-state index < -0.39 is 0 Å². The average molecular weight is 909 g/mol.